The number of halogens is 1. The third-order valence-corrected chi connectivity index (χ3v) is 5.11. The standard InChI is InChI=1S/C22H22FNO3/c23-18-5-3-4-16(12-18)9-11-22(25)24(19-6-1-2-7-19)14-17-8-10-20-21(13-17)27-15-26-20/h3-5,8-13,19H,1-2,6-7,14-15H2/b11-9+. The van der Waals surface area contributed by atoms with E-state index >= 15 is 0 Å². The predicted molar refractivity (Wildman–Crippen MR) is 101 cm³/mol. The molecule has 2 aliphatic rings. The number of benzene rings is 2. The summed E-state index contributed by atoms with van der Waals surface area (Å²) >= 11 is 0. The van der Waals surface area contributed by atoms with Gasteiger partial charge >= 0.3 is 0 Å². The summed E-state index contributed by atoms with van der Waals surface area (Å²) in [5.41, 5.74) is 1.69. The molecular formula is C22H22FNO3. The van der Waals surface area contributed by atoms with E-state index in [1.807, 2.05) is 23.1 Å². The van der Waals surface area contributed by atoms with Crippen LogP contribution in [0.1, 0.15) is 36.8 Å². The summed E-state index contributed by atoms with van der Waals surface area (Å²) in [5.74, 6) is 1.10. The van der Waals surface area contributed by atoms with Crippen molar-refractivity contribution in [2.45, 2.75) is 38.3 Å². The average molecular weight is 367 g/mol. The van der Waals surface area contributed by atoms with Crippen LogP contribution in [0.15, 0.2) is 48.5 Å². The third kappa shape index (κ3) is 4.13. The molecule has 2 aromatic carbocycles. The van der Waals surface area contributed by atoms with Gasteiger partial charge in [0.05, 0.1) is 0 Å². The van der Waals surface area contributed by atoms with Crippen LogP contribution in [0.25, 0.3) is 6.08 Å². The lowest BCUT2D eigenvalue weighted by Gasteiger charge is -2.28. The molecule has 0 spiro atoms. The molecule has 1 heterocycles. The van der Waals surface area contributed by atoms with Gasteiger partial charge in [0.25, 0.3) is 0 Å². The van der Waals surface area contributed by atoms with E-state index in [1.165, 1.54) is 12.1 Å². The second kappa shape index (κ2) is 7.82. The lowest BCUT2D eigenvalue weighted by atomic mass is 10.1. The molecule has 0 N–H and O–H groups in total. The highest BCUT2D eigenvalue weighted by molar-refractivity contribution is 5.92. The molecule has 4 rings (SSSR count). The number of hydrogen-bond donors (Lipinski definition) is 0. The molecule has 4 nitrogen and oxygen atoms in total. The number of nitrogens with zero attached hydrogens (tertiary/aromatic N) is 1. The van der Waals surface area contributed by atoms with E-state index in [2.05, 4.69) is 0 Å². The number of carbonyl (C=O) groups is 1. The normalized spacial score (nSPS) is 16.2. The summed E-state index contributed by atoms with van der Waals surface area (Å²) in [5, 5.41) is 0. The Morgan fingerprint density at radius 3 is 2.74 bits per heavy atom. The number of ether oxygens (including phenoxy) is 2. The van der Waals surface area contributed by atoms with Gasteiger partial charge in [0.2, 0.25) is 12.7 Å². The number of carbonyl (C=O) groups excluding carboxylic acids is 1. The summed E-state index contributed by atoms with van der Waals surface area (Å²) in [6, 6.07) is 12.3. The van der Waals surface area contributed by atoms with Crippen molar-refractivity contribution in [3.63, 3.8) is 0 Å². The molecule has 5 heteroatoms. The second-order valence-electron chi connectivity index (χ2n) is 6.98. The number of amides is 1. The SMILES string of the molecule is O=C(/C=C/c1cccc(F)c1)N(Cc1ccc2c(c1)OCO2)C1CCCC1. The Labute approximate surface area is 158 Å². The van der Waals surface area contributed by atoms with Crippen molar-refractivity contribution in [1.82, 2.24) is 4.90 Å². The lowest BCUT2D eigenvalue weighted by molar-refractivity contribution is -0.128. The van der Waals surface area contributed by atoms with Crippen molar-refractivity contribution < 1.29 is 18.7 Å². The molecule has 1 fully saturated rings. The first-order valence-electron chi connectivity index (χ1n) is 9.32. The first kappa shape index (κ1) is 17.6. The van der Waals surface area contributed by atoms with E-state index in [-0.39, 0.29) is 24.6 Å². The Balaban J connectivity index is 1.52. The van der Waals surface area contributed by atoms with Crippen molar-refractivity contribution in [2.75, 3.05) is 6.79 Å². The molecule has 0 radical (unpaired) electrons. The summed E-state index contributed by atoms with van der Waals surface area (Å²) in [6.07, 6.45) is 7.54. The van der Waals surface area contributed by atoms with Crippen molar-refractivity contribution in [3.05, 3.63) is 65.5 Å². The molecule has 140 valence electrons. The van der Waals surface area contributed by atoms with E-state index in [9.17, 15) is 9.18 Å². The van der Waals surface area contributed by atoms with E-state index in [1.54, 1.807) is 24.3 Å². The largest absolute Gasteiger partial charge is 0.454 e. The molecule has 0 saturated heterocycles. The summed E-state index contributed by atoms with van der Waals surface area (Å²) in [6.45, 7) is 0.758. The second-order valence-corrected chi connectivity index (χ2v) is 6.98. The Morgan fingerprint density at radius 1 is 1.11 bits per heavy atom. The van der Waals surface area contributed by atoms with Crippen molar-refractivity contribution >= 4 is 12.0 Å². The van der Waals surface area contributed by atoms with Gasteiger partial charge < -0.3 is 14.4 Å². The first-order chi connectivity index (χ1) is 13.2. The topological polar surface area (TPSA) is 38.8 Å². The highest BCUT2D eigenvalue weighted by Crippen LogP contribution is 2.33. The molecule has 0 bridgehead atoms. The van der Waals surface area contributed by atoms with Crippen LogP contribution in [-0.2, 0) is 11.3 Å². The maximum Gasteiger partial charge on any atom is 0.247 e. The molecule has 1 saturated carbocycles. The maximum atomic E-state index is 13.3. The number of fused-ring (bicyclic) bond motifs is 1. The van der Waals surface area contributed by atoms with Crippen LogP contribution in [-0.4, -0.2) is 23.6 Å². The average Bonchev–Trinajstić information content (AvgIpc) is 3.35. The van der Waals surface area contributed by atoms with Gasteiger partial charge in [-0.05, 0) is 54.3 Å². The fourth-order valence-corrected chi connectivity index (χ4v) is 3.71. The van der Waals surface area contributed by atoms with E-state index < -0.39 is 0 Å². The molecule has 0 atom stereocenters. The van der Waals surface area contributed by atoms with Gasteiger partial charge in [-0.3, -0.25) is 4.79 Å². The zero-order chi connectivity index (χ0) is 18.6. The van der Waals surface area contributed by atoms with Crippen LogP contribution in [0.4, 0.5) is 4.39 Å². The predicted octanol–water partition coefficient (Wildman–Crippen LogP) is 4.54. The van der Waals surface area contributed by atoms with Crippen molar-refractivity contribution in [1.29, 1.82) is 0 Å². The lowest BCUT2D eigenvalue weighted by Crippen LogP contribution is -2.37. The van der Waals surface area contributed by atoms with Gasteiger partial charge in [-0.25, -0.2) is 4.39 Å². The minimum Gasteiger partial charge on any atom is -0.454 e. The molecule has 1 amide bonds. The van der Waals surface area contributed by atoms with Gasteiger partial charge in [0.1, 0.15) is 5.82 Å². The molecule has 0 unspecified atom stereocenters. The smallest absolute Gasteiger partial charge is 0.247 e. The van der Waals surface area contributed by atoms with Crippen molar-refractivity contribution in [3.8, 4) is 11.5 Å². The Kier molecular flexibility index (Phi) is 5.10. The highest BCUT2D eigenvalue weighted by Gasteiger charge is 2.26. The molecule has 2 aromatic rings. The summed E-state index contributed by atoms with van der Waals surface area (Å²) < 4.78 is 24.1. The Morgan fingerprint density at radius 2 is 1.93 bits per heavy atom. The fourth-order valence-electron chi connectivity index (χ4n) is 3.71. The summed E-state index contributed by atoms with van der Waals surface area (Å²) in [4.78, 5) is 14.8. The van der Waals surface area contributed by atoms with Crippen LogP contribution in [0, 0.1) is 5.82 Å². The minimum absolute atomic E-state index is 0.0520. The van der Waals surface area contributed by atoms with E-state index in [4.69, 9.17) is 9.47 Å². The van der Waals surface area contributed by atoms with Gasteiger partial charge in [-0.15, -0.1) is 0 Å². The fraction of sp³-hybridized carbons (Fsp3) is 0.318. The minimum atomic E-state index is -0.308. The van der Waals surface area contributed by atoms with Crippen molar-refractivity contribution in [2.24, 2.45) is 0 Å². The van der Waals surface area contributed by atoms with Crippen LogP contribution < -0.4 is 9.47 Å². The molecule has 27 heavy (non-hydrogen) atoms. The van der Waals surface area contributed by atoms with Crippen LogP contribution in [0.5, 0.6) is 11.5 Å². The third-order valence-electron chi connectivity index (χ3n) is 5.11. The van der Waals surface area contributed by atoms with E-state index in [0.29, 0.717) is 12.1 Å². The zero-order valence-corrected chi connectivity index (χ0v) is 15.1. The highest BCUT2D eigenvalue weighted by atomic mass is 19.1. The molecule has 1 aliphatic heterocycles. The molecule has 1 aliphatic carbocycles. The number of rotatable bonds is 5. The van der Waals surface area contributed by atoms with Crippen LogP contribution in [0.2, 0.25) is 0 Å². The van der Waals surface area contributed by atoms with E-state index in [0.717, 1.165) is 42.7 Å². The maximum absolute atomic E-state index is 13.3. The first-order valence-corrected chi connectivity index (χ1v) is 9.32. The monoisotopic (exact) mass is 367 g/mol. The van der Waals surface area contributed by atoms with Crippen LogP contribution in [0.3, 0.4) is 0 Å². The summed E-state index contributed by atoms with van der Waals surface area (Å²) in [7, 11) is 0. The van der Waals surface area contributed by atoms with Gasteiger partial charge in [-0.2, -0.15) is 0 Å². The van der Waals surface area contributed by atoms with Gasteiger partial charge in [0, 0.05) is 18.7 Å². The van der Waals surface area contributed by atoms with Gasteiger partial charge in [-0.1, -0.05) is 31.0 Å². The quantitative estimate of drug-likeness (QED) is 0.729. The van der Waals surface area contributed by atoms with Crippen LogP contribution >= 0.6 is 0 Å². The zero-order valence-electron chi connectivity index (χ0n) is 15.1. The Bertz CT molecular complexity index is 858. The number of hydrogen-bond acceptors (Lipinski definition) is 3. The molecular weight excluding hydrogens is 345 g/mol. The van der Waals surface area contributed by atoms with Gasteiger partial charge in [0.15, 0.2) is 11.5 Å². The Hall–Kier alpha value is -2.82. The molecule has 0 aromatic heterocycles.